The van der Waals surface area contributed by atoms with Crippen LogP contribution in [0.25, 0.3) is 0 Å². The fourth-order valence-electron chi connectivity index (χ4n) is 1.12. The van der Waals surface area contributed by atoms with Crippen LogP contribution >= 0.6 is 0 Å². The van der Waals surface area contributed by atoms with E-state index in [1.54, 1.807) is 4.90 Å². The lowest BCUT2D eigenvalue weighted by molar-refractivity contribution is 0.0948. The van der Waals surface area contributed by atoms with Gasteiger partial charge in [-0.1, -0.05) is 6.92 Å². The first-order valence-corrected chi connectivity index (χ1v) is 3.84. The van der Waals surface area contributed by atoms with Gasteiger partial charge in [-0.25, -0.2) is 4.79 Å². The first-order valence-electron chi connectivity index (χ1n) is 3.84. The van der Waals surface area contributed by atoms with Crippen LogP contribution in [0.5, 0.6) is 0 Å². The Balaban J connectivity index is 2.38. The number of rotatable bonds is 3. The molecule has 4 heteroatoms. The first kappa shape index (κ1) is 8.33. The third-order valence-electron chi connectivity index (χ3n) is 1.65. The predicted molar refractivity (Wildman–Crippen MR) is 39.2 cm³/mol. The lowest BCUT2D eigenvalue weighted by Crippen LogP contribution is -2.26. The number of ether oxygens (including phenoxy) is 1. The molecule has 1 N–H and O–H groups in total. The topological polar surface area (TPSA) is 49.8 Å². The van der Waals surface area contributed by atoms with Crippen LogP contribution in [-0.4, -0.2) is 41.9 Å². The Labute approximate surface area is 65.8 Å². The molecule has 0 aromatic rings. The van der Waals surface area contributed by atoms with Crippen LogP contribution in [0.2, 0.25) is 0 Å². The lowest BCUT2D eigenvalue weighted by atomic mass is 10.3. The highest BCUT2D eigenvalue weighted by Gasteiger charge is 2.29. The summed E-state index contributed by atoms with van der Waals surface area (Å²) in [6, 6.07) is 0. The van der Waals surface area contributed by atoms with E-state index in [2.05, 4.69) is 0 Å². The van der Waals surface area contributed by atoms with Crippen molar-refractivity contribution in [3.8, 4) is 0 Å². The van der Waals surface area contributed by atoms with E-state index in [0.29, 0.717) is 6.54 Å². The largest absolute Gasteiger partial charge is 0.442 e. The molecule has 0 aromatic carbocycles. The van der Waals surface area contributed by atoms with E-state index in [0.717, 1.165) is 13.0 Å². The first-order chi connectivity index (χ1) is 5.27. The van der Waals surface area contributed by atoms with Gasteiger partial charge in [-0.3, -0.25) is 0 Å². The zero-order valence-electron chi connectivity index (χ0n) is 6.62. The Morgan fingerprint density at radius 1 is 1.82 bits per heavy atom. The molecule has 1 heterocycles. The van der Waals surface area contributed by atoms with Crippen LogP contribution in [-0.2, 0) is 4.74 Å². The molecule has 11 heavy (non-hydrogen) atoms. The standard InChI is InChI=1S/C7H13NO3/c1-2-3-8-4-6(5-9)11-7(8)10/h6,9H,2-5H2,1H3/t6-/m1/s1. The Morgan fingerprint density at radius 3 is 3.00 bits per heavy atom. The van der Waals surface area contributed by atoms with Crippen LogP contribution in [0.3, 0.4) is 0 Å². The molecular formula is C7H13NO3. The maximum atomic E-state index is 10.9. The molecule has 1 aliphatic heterocycles. The molecular weight excluding hydrogens is 146 g/mol. The molecule has 1 saturated heterocycles. The van der Waals surface area contributed by atoms with Crippen molar-refractivity contribution in [2.75, 3.05) is 19.7 Å². The highest BCUT2D eigenvalue weighted by Crippen LogP contribution is 2.10. The SMILES string of the molecule is CCCN1C[C@H](CO)OC1=O. The monoisotopic (exact) mass is 159 g/mol. The van der Waals surface area contributed by atoms with Gasteiger partial charge in [0.05, 0.1) is 13.2 Å². The van der Waals surface area contributed by atoms with Gasteiger partial charge in [-0.15, -0.1) is 0 Å². The number of carbonyl (C=O) groups is 1. The molecule has 0 radical (unpaired) electrons. The molecule has 4 nitrogen and oxygen atoms in total. The average molecular weight is 159 g/mol. The van der Waals surface area contributed by atoms with Crippen molar-refractivity contribution < 1.29 is 14.6 Å². The zero-order valence-corrected chi connectivity index (χ0v) is 6.62. The van der Waals surface area contributed by atoms with Gasteiger partial charge in [-0.2, -0.15) is 0 Å². The third kappa shape index (κ3) is 1.83. The predicted octanol–water partition coefficient (Wildman–Crippen LogP) is 0.210. The smallest absolute Gasteiger partial charge is 0.410 e. The summed E-state index contributed by atoms with van der Waals surface area (Å²) < 4.78 is 4.81. The summed E-state index contributed by atoms with van der Waals surface area (Å²) in [5, 5.41) is 8.67. The van der Waals surface area contributed by atoms with E-state index < -0.39 is 0 Å². The molecule has 0 bridgehead atoms. The minimum absolute atomic E-state index is 0.0774. The van der Waals surface area contributed by atoms with E-state index in [-0.39, 0.29) is 18.8 Å². The summed E-state index contributed by atoms with van der Waals surface area (Å²) in [7, 11) is 0. The van der Waals surface area contributed by atoms with Crippen molar-refractivity contribution in [2.45, 2.75) is 19.4 Å². The maximum absolute atomic E-state index is 10.9. The van der Waals surface area contributed by atoms with Gasteiger partial charge in [0.15, 0.2) is 0 Å². The molecule has 0 aromatic heterocycles. The number of aliphatic hydroxyl groups is 1. The number of hydrogen-bond donors (Lipinski definition) is 1. The van der Waals surface area contributed by atoms with Gasteiger partial charge in [0.1, 0.15) is 6.10 Å². The van der Waals surface area contributed by atoms with Gasteiger partial charge in [-0.05, 0) is 6.42 Å². The number of hydrogen-bond acceptors (Lipinski definition) is 3. The highest BCUT2D eigenvalue weighted by atomic mass is 16.6. The summed E-state index contributed by atoms with van der Waals surface area (Å²) >= 11 is 0. The minimum Gasteiger partial charge on any atom is -0.442 e. The van der Waals surface area contributed by atoms with Crippen molar-refractivity contribution in [1.29, 1.82) is 0 Å². The van der Waals surface area contributed by atoms with Crippen LogP contribution in [0.15, 0.2) is 0 Å². The molecule has 0 spiro atoms. The van der Waals surface area contributed by atoms with Crippen molar-refractivity contribution in [3.63, 3.8) is 0 Å². The van der Waals surface area contributed by atoms with Gasteiger partial charge in [0, 0.05) is 6.54 Å². The maximum Gasteiger partial charge on any atom is 0.410 e. The zero-order chi connectivity index (χ0) is 8.27. The van der Waals surface area contributed by atoms with E-state index in [1.165, 1.54) is 0 Å². The summed E-state index contributed by atoms with van der Waals surface area (Å²) in [5.74, 6) is 0. The van der Waals surface area contributed by atoms with Crippen LogP contribution < -0.4 is 0 Å². The number of carbonyl (C=O) groups excluding carboxylic acids is 1. The molecule has 1 atom stereocenters. The van der Waals surface area contributed by atoms with E-state index in [9.17, 15) is 4.79 Å². The second-order valence-corrected chi connectivity index (χ2v) is 2.63. The number of nitrogens with zero attached hydrogens (tertiary/aromatic N) is 1. The third-order valence-corrected chi connectivity index (χ3v) is 1.65. The minimum atomic E-state index is -0.311. The highest BCUT2D eigenvalue weighted by molar-refractivity contribution is 5.69. The Morgan fingerprint density at radius 2 is 2.55 bits per heavy atom. The summed E-state index contributed by atoms with van der Waals surface area (Å²) in [5.41, 5.74) is 0. The molecule has 1 rings (SSSR count). The number of amides is 1. The van der Waals surface area contributed by atoms with Crippen LogP contribution in [0.4, 0.5) is 4.79 Å². The van der Waals surface area contributed by atoms with E-state index in [1.807, 2.05) is 6.92 Å². The van der Waals surface area contributed by atoms with Crippen molar-refractivity contribution in [3.05, 3.63) is 0 Å². The molecule has 1 fully saturated rings. The lowest BCUT2D eigenvalue weighted by Gasteiger charge is -2.09. The fourth-order valence-corrected chi connectivity index (χ4v) is 1.12. The normalized spacial score (nSPS) is 24.0. The second-order valence-electron chi connectivity index (χ2n) is 2.63. The Bertz CT molecular complexity index is 149. The second kappa shape index (κ2) is 3.57. The van der Waals surface area contributed by atoms with Gasteiger partial charge >= 0.3 is 6.09 Å². The Kier molecular flexibility index (Phi) is 2.70. The molecule has 0 aliphatic carbocycles. The quantitative estimate of drug-likeness (QED) is 0.640. The Hall–Kier alpha value is -0.770. The van der Waals surface area contributed by atoms with Crippen LogP contribution in [0, 0.1) is 0 Å². The molecule has 64 valence electrons. The van der Waals surface area contributed by atoms with E-state index >= 15 is 0 Å². The molecule has 0 unspecified atom stereocenters. The summed E-state index contributed by atoms with van der Waals surface area (Å²) in [6.45, 7) is 3.17. The van der Waals surface area contributed by atoms with Gasteiger partial charge < -0.3 is 14.7 Å². The summed E-state index contributed by atoms with van der Waals surface area (Å²) in [6.07, 6.45) is 0.313. The van der Waals surface area contributed by atoms with Crippen LogP contribution in [0.1, 0.15) is 13.3 Å². The van der Waals surface area contributed by atoms with Gasteiger partial charge in [0.2, 0.25) is 0 Å². The number of cyclic esters (lactones) is 1. The van der Waals surface area contributed by atoms with Crippen molar-refractivity contribution in [1.82, 2.24) is 4.90 Å². The van der Waals surface area contributed by atoms with Crippen molar-refractivity contribution in [2.24, 2.45) is 0 Å². The summed E-state index contributed by atoms with van der Waals surface area (Å²) in [4.78, 5) is 12.5. The van der Waals surface area contributed by atoms with Crippen molar-refractivity contribution >= 4 is 6.09 Å². The molecule has 0 saturated carbocycles. The molecule has 1 amide bonds. The number of aliphatic hydroxyl groups excluding tert-OH is 1. The van der Waals surface area contributed by atoms with E-state index in [4.69, 9.17) is 9.84 Å². The molecule has 1 aliphatic rings. The average Bonchev–Trinajstić information content (AvgIpc) is 2.33. The fraction of sp³-hybridized carbons (Fsp3) is 0.857. The van der Waals surface area contributed by atoms with Gasteiger partial charge in [0.25, 0.3) is 0 Å².